The normalized spacial score (nSPS) is 17.1. The second-order valence-electron chi connectivity index (χ2n) is 7.91. The van der Waals surface area contributed by atoms with E-state index in [0.29, 0.717) is 13.1 Å². The Bertz CT molecular complexity index is 707. The highest BCUT2D eigenvalue weighted by Gasteiger charge is 2.28. The number of piperazine rings is 1. The highest BCUT2D eigenvalue weighted by molar-refractivity contribution is 14.0. The number of anilines is 1. The molecule has 0 atom stereocenters. The number of hydrogen-bond donors (Lipinski definition) is 3. The van der Waals surface area contributed by atoms with E-state index < -0.39 is 0 Å². The Labute approximate surface area is 208 Å². The van der Waals surface area contributed by atoms with Gasteiger partial charge in [-0.1, -0.05) is 17.7 Å². The number of guanidine groups is 1. The van der Waals surface area contributed by atoms with Crippen molar-refractivity contribution in [3.63, 3.8) is 0 Å². The molecule has 0 spiro atoms. The van der Waals surface area contributed by atoms with Crippen LogP contribution in [-0.4, -0.2) is 75.7 Å². The predicted molar refractivity (Wildman–Crippen MR) is 140 cm³/mol. The molecule has 31 heavy (non-hydrogen) atoms. The van der Waals surface area contributed by atoms with Crippen LogP contribution in [0.2, 0.25) is 5.02 Å². The van der Waals surface area contributed by atoms with E-state index in [0.717, 1.165) is 76.1 Å². The molecule has 1 aliphatic carbocycles. The van der Waals surface area contributed by atoms with Gasteiger partial charge in [-0.2, -0.15) is 0 Å². The lowest BCUT2D eigenvalue weighted by Gasteiger charge is -2.36. The van der Waals surface area contributed by atoms with Gasteiger partial charge in [0.05, 0.1) is 0 Å². The lowest BCUT2D eigenvalue weighted by atomic mass is 10.2. The number of carbonyl (C=O) groups is 1. The van der Waals surface area contributed by atoms with Crippen molar-refractivity contribution in [1.82, 2.24) is 20.9 Å². The molecule has 9 heteroatoms. The first-order valence-corrected chi connectivity index (χ1v) is 11.6. The summed E-state index contributed by atoms with van der Waals surface area (Å²) in [6.07, 6.45) is 3.12. The summed E-state index contributed by atoms with van der Waals surface area (Å²) in [5.74, 6) is 1.28. The molecule has 0 radical (unpaired) electrons. The minimum absolute atomic E-state index is 0. The molecule has 1 amide bonds. The second-order valence-corrected chi connectivity index (χ2v) is 8.35. The Morgan fingerprint density at radius 3 is 2.55 bits per heavy atom. The van der Waals surface area contributed by atoms with Crippen molar-refractivity contribution in [2.24, 2.45) is 10.9 Å². The molecule has 3 N–H and O–H groups in total. The van der Waals surface area contributed by atoms with Crippen LogP contribution >= 0.6 is 35.6 Å². The molecule has 0 bridgehead atoms. The van der Waals surface area contributed by atoms with Gasteiger partial charge >= 0.3 is 0 Å². The summed E-state index contributed by atoms with van der Waals surface area (Å²) in [5.41, 5.74) is 1.21. The monoisotopic (exact) mass is 562 g/mol. The molecule has 0 aromatic heterocycles. The standard InChI is InChI=1S/C22H35ClN6O.HI/c1-2-24-22(27-11-10-25-21(30)18-7-8-18)26-9-4-12-28-13-15-29(16-14-28)20-6-3-5-19(23)17-20;/h3,5-6,17-18H,2,4,7-16H2,1H3,(H,25,30)(H2,24,26,27);1H. The third-order valence-electron chi connectivity index (χ3n) is 5.46. The highest BCUT2D eigenvalue weighted by atomic mass is 127. The van der Waals surface area contributed by atoms with Gasteiger partial charge in [0.2, 0.25) is 5.91 Å². The van der Waals surface area contributed by atoms with Crippen molar-refractivity contribution in [1.29, 1.82) is 0 Å². The van der Waals surface area contributed by atoms with E-state index in [1.54, 1.807) is 0 Å². The van der Waals surface area contributed by atoms with Crippen LogP contribution in [-0.2, 0) is 4.79 Å². The maximum Gasteiger partial charge on any atom is 0.223 e. The van der Waals surface area contributed by atoms with Crippen LogP contribution in [0.1, 0.15) is 26.2 Å². The van der Waals surface area contributed by atoms with Crippen LogP contribution in [0.15, 0.2) is 29.3 Å². The Hall–Kier alpha value is -1.26. The van der Waals surface area contributed by atoms with Crippen molar-refractivity contribution in [2.45, 2.75) is 26.2 Å². The van der Waals surface area contributed by atoms with Gasteiger partial charge in [-0.3, -0.25) is 14.7 Å². The van der Waals surface area contributed by atoms with E-state index in [4.69, 9.17) is 11.6 Å². The van der Waals surface area contributed by atoms with Gasteiger partial charge in [0.1, 0.15) is 0 Å². The van der Waals surface area contributed by atoms with Gasteiger partial charge in [0.15, 0.2) is 5.96 Å². The smallest absolute Gasteiger partial charge is 0.223 e. The minimum Gasteiger partial charge on any atom is -0.369 e. The van der Waals surface area contributed by atoms with Gasteiger partial charge in [-0.25, -0.2) is 0 Å². The van der Waals surface area contributed by atoms with Crippen LogP contribution in [0.25, 0.3) is 0 Å². The molecule has 1 saturated carbocycles. The van der Waals surface area contributed by atoms with Crippen LogP contribution in [0.4, 0.5) is 5.69 Å². The van der Waals surface area contributed by atoms with Crippen molar-refractivity contribution in [3.8, 4) is 0 Å². The fourth-order valence-corrected chi connectivity index (χ4v) is 3.77. The van der Waals surface area contributed by atoms with E-state index in [1.807, 2.05) is 18.2 Å². The number of amides is 1. The first-order chi connectivity index (χ1) is 14.7. The number of hydrogen-bond acceptors (Lipinski definition) is 4. The molecule has 2 aliphatic rings. The van der Waals surface area contributed by atoms with E-state index in [2.05, 4.69) is 43.7 Å². The number of rotatable bonds is 10. The third-order valence-corrected chi connectivity index (χ3v) is 5.69. The summed E-state index contributed by atoms with van der Waals surface area (Å²) < 4.78 is 0. The van der Waals surface area contributed by atoms with Gasteiger partial charge in [-0.05, 0) is 44.4 Å². The van der Waals surface area contributed by atoms with Crippen molar-refractivity contribution in [3.05, 3.63) is 29.3 Å². The molecule has 174 valence electrons. The highest BCUT2D eigenvalue weighted by Crippen LogP contribution is 2.28. The maximum absolute atomic E-state index is 11.7. The Balaban J connectivity index is 0.00000341. The molecule has 1 aromatic rings. The lowest BCUT2D eigenvalue weighted by Crippen LogP contribution is -2.46. The van der Waals surface area contributed by atoms with Crippen LogP contribution in [0.5, 0.6) is 0 Å². The van der Waals surface area contributed by atoms with Gasteiger partial charge in [-0.15, -0.1) is 24.0 Å². The first kappa shape index (κ1) is 26.0. The van der Waals surface area contributed by atoms with Gasteiger partial charge < -0.3 is 20.9 Å². The maximum atomic E-state index is 11.7. The summed E-state index contributed by atoms with van der Waals surface area (Å²) in [5, 5.41) is 10.3. The zero-order chi connectivity index (χ0) is 21.2. The molecular weight excluding hydrogens is 527 g/mol. The van der Waals surface area contributed by atoms with Crippen LogP contribution in [0, 0.1) is 5.92 Å². The zero-order valence-electron chi connectivity index (χ0n) is 18.4. The molecule has 2 fully saturated rings. The topological polar surface area (TPSA) is 72.0 Å². The average molecular weight is 563 g/mol. The number of carbonyl (C=O) groups excluding carboxylic acids is 1. The zero-order valence-corrected chi connectivity index (χ0v) is 21.5. The molecule has 1 heterocycles. The Kier molecular flexibility index (Phi) is 11.7. The third kappa shape index (κ3) is 9.41. The summed E-state index contributed by atoms with van der Waals surface area (Å²) >= 11 is 6.12. The van der Waals surface area contributed by atoms with E-state index in [-0.39, 0.29) is 35.8 Å². The first-order valence-electron chi connectivity index (χ1n) is 11.2. The Morgan fingerprint density at radius 1 is 1.13 bits per heavy atom. The predicted octanol–water partition coefficient (Wildman–Crippen LogP) is 2.55. The largest absolute Gasteiger partial charge is 0.369 e. The molecule has 3 rings (SSSR count). The number of nitrogens with one attached hydrogen (secondary N) is 3. The number of benzene rings is 1. The number of aliphatic imine (C=N–C) groups is 1. The van der Waals surface area contributed by atoms with Gasteiger partial charge in [0.25, 0.3) is 0 Å². The fraction of sp³-hybridized carbons (Fsp3) is 0.636. The fourth-order valence-electron chi connectivity index (χ4n) is 3.59. The molecule has 1 aromatic carbocycles. The van der Waals surface area contributed by atoms with E-state index in [1.165, 1.54) is 5.69 Å². The average Bonchev–Trinajstić information content (AvgIpc) is 3.60. The van der Waals surface area contributed by atoms with E-state index >= 15 is 0 Å². The van der Waals surface area contributed by atoms with Crippen molar-refractivity contribution in [2.75, 3.05) is 63.8 Å². The number of nitrogens with zero attached hydrogens (tertiary/aromatic N) is 3. The SMILES string of the molecule is CCNC(=NCCCN1CCN(c2cccc(Cl)c2)CC1)NCCNC(=O)C1CC1.I. The summed E-state index contributed by atoms with van der Waals surface area (Å²) in [6.45, 7) is 10.2. The van der Waals surface area contributed by atoms with Crippen molar-refractivity contribution < 1.29 is 4.79 Å². The molecular formula is C22H36ClIN6O. The molecule has 1 saturated heterocycles. The van der Waals surface area contributed by atoms with Crippen LogP contribution < -0.4 is 20.9 Å². The van der Waals surface area contributed by atoms with Crippen molar-refractivity contribution >= 4 is 53.1 Å². The second kappa shape index (κ2) is 14.0. The summed E-state index contributed by atoms with van der Waals surface area (Å²) in [4.78, 5) is 21.2. The summed E-state index contributed by atoms with van der Waals surface area (Å²) in [7, 11) is 0. The van der Waals surface area contributed by atoms with Crippen LogP contribution in [0.3, 0.4) is 0 Å². The lowest BCUT2D eigenvalue weighted by molar-refractivity contribution is -0.122. The van der Waals surface area contributed by atoms with E-state index in [9.17, 15) is 4.79 Å². The Morgan fingerprint density at radius 2 is 1.87 bits per heavy atom. The quantitative estimate of drug-likeness (QED) is 0.177. The minimum atomic E-state index is 0. The molecule has 0 unspecified atom stereocenters. The summed E-state index contributed by atoms with van der Waals surface area (Å²) in [6, 6.07) is 8.10. The molecule has 1 aliphatic heterocycles. The van der Waals surface area contributed by atoms with Gasteiger partial charge in [0, 0.05) is 75.5 Å². The molecule has 7 nitrogen and oxygen atoms in total. The number of halogens is 2.